The molecule has 0 bridgehead atoms. The van der Waals surface area contributed by atoms with Crippen LogP contribution in [0.25, 0.3) is 0 Å². The molecular weight excluding hydrogens is 286 g/mol. The summed E-state index contributed by atoms with van der Waals surface area (Å²) < 4.78 is 25.4. The highest BCUT2D eigenvalue weighted by Crippen LogP contribution is 2.25. The second-order valence-corrected chi connectivity index (χ2v) is 7.87. The van der Waals surface area contributed by atoms with Crippen molar-refractivity contribution >= 4 is 15.7 Å². The highest BCUT2D eigenvalue weighted by Gasteiger charge is 2.21. The van der Waals surface area contributed by atoms with Crippen LogP contribution in [-0.2, 0) is 10.0 Å². The molecule has 118 valence electrons. The third kappa shape index (κ3) is 3.56. The van der Waals surface area contributed by atoms with E-state index in [1.807, 2.05) is 12.1 Å². The molecule has 1 atom stereocenters. The molecule has 1 saturated heterocycles. The maximum atomic E-state index is 12.1. The lowest BCUT2D eigenvalue weighted by Gasteiger charge is -2.31. The third-order valence-corrected chi connectivity index (χ3v) is 5.93. The normalized spacial score (nSPS) is 20.6. The number of hydrogen-bond acceptors (Lipinski definition) is 4. The summed E-state index contributed by atoms with van der Waals surface area (Å²) in [5.74, 6) is 0. The van der Waals surface area contributed by atoms with Crippen molar-refractivity contribution in [2.24, 2.45) is 5.73 Å². The zero-order valence-corrected chi connectivity index (χ0v) is 13.6. The van der Waals surface area contributed by atoms with Gasteiger partial charge >= 0.3 is 0 Å². The first-order valence-corrected chi connectivity index (χ1v) is 8.90. The van der Waals surface area contributed by atoms with Gasteiger partial charge in [0.1, 0.15) is 0 Å². The van der Waals surface area contributed by atoms with Gasteiger partial charge in [0.25, 0.3) is 0 Å². The van der Waals surface area contributed by atoms with E-state index in [1.165, 1.54) is 17.1 Å². The fraction of sp³-hybridized carbons (Fsp3) is 0.600. The second-order valence-electron chi connectivity index (χ2n) is 5.71. The number of anilines is 1. The molecule has 2 rings (SSSR count). The predicted molar refractivity (Wildman–Crippen MR) is 86.0 cm³/mol. The molecule has 0 aliphatic carbocycles. The van der Waals surface area contributed by atoms with E-state index in [1.54, 1.807) is 26.2 Å². The van der Waals surface area contributed by atoms with Gasteiger partial charge in [-0.3, -0.25) is 0 Å². The van der Waals surface area contributed by atoms with Crippen LogP contribution < -0.4 is 10.6 Å². The predicted octanol–water partition coefficient (Wildman–Crippen LogP) is 1.64. The Kier molecular flexibility index (Phi) is 5.24. The Hall–Kier alpha value is -1.11. The number of hydrogen-bond donors (Lipinski definition) is 1. The first-order chi connectivity index (χ1) is 9.96. The SMILES string of the molecule is CN(C)S(=O)(=O)c1ccc(N2CCCCCC2CN)cc1. The summed E-state index contributed by atoms with van der Waals surface area (Å²) in [5, 5.41) is 0. The molecule has 6 heteroatoms. The van der Waals surface area contributed by atoms with E-state index in [-0.39, 0.29) is 0 Å². The highest BCUT2D eigenvalue weighted by atomic mass is 32.2. The van der Waals surface area contributed by atoms with E-state index < -0.39 is 10.0 Å². The Labute approximate surface area is 127 Å². The third-order valence-electron chi connectivity index (χ3n) is 4.10. The summed E-state index contributed by atoms with van der Waals surface area (Å²) in [5.41, 5.74) is 6.96. The summed E-state index contributed by atoms with van der Waals surface area (Å²) >= 11 is 0. The number of nitrogens with zero attached hydrogens (tertiary/aromatic N) is 2. The minimum Gasteiger partial charge on any atom is -0.367 e. The Morgan fingerprint density at radius 3 is 2.43 bits per heavy atom. The van der Waals surface area contributed by atoms with Crippen molar-refractivity contribution in [2.75, 3.05) is 32.1 Å². The molecule has 2 N–H and O–H groups in total. The average molecular weight is 311 g/mol. The Morgan fingerprint density at radius 1 is 1.19 bits per heavy atom. The fourth-order valence-corrected chi connectivity index (χ4v) is 3.68. The Balaban J connectivity index is 2.25. The van der Waals surface area contributed by atoms with Gasteiger partial charge in [-0.05, 0) is 37.1 Å². The largest absolute Gasteiger partial charge is 0.367 e. The molecule has 1 aromatic rings. The van der Waals surface area contributed by atoms with E-state index in [9.17, 15) is 8.42 Å². The van der Waals surface area contributed by atoms with Crippen molar-refractivity contribution in [1.29, 1.82) is 0 Å². The lowest BCUT2D eigenvalue weighted by Crippen LogP contribution is -2.40. The molecule has 0 spiro atoms. The molecule has 1 aromatic carbocycles. The zero-order valence-electron chi connectivity index (χ0n) is 12.8. The number of rotatable bonds is 4. The lowest BCUT2D eigenvalue weighted by atomic mass is 10.1. The monoisotopic (exact) mass is 311 g/mol. The smallest absolute Gasteiger partial charge is 0.242 e. The van der Waals surface area contributed by atoms with Crippen LogP contribution in [-0.4, -0.2) is 45.9 Å². The van der Waals surface area contributed by atoms with E-state index in [4.69, 9.17) is 5.73 Å². The van der Waals surface area contributed by atoms with E-state index in [0.717, 1.165) is 25.1 Å². The molecule has 1 aliphatic rings. The van der Waals surface area contributed by atoms with E-state index >= 15 is 0 Å². The van der Waals surface area contributed by atoms with Crippen molar-refractivity contribution < 1.29 is 8.42 Å². The fourth-order valence-electron chi connectivity index (χ4n) is 2.78. The molecule has 5 nitrogen and oxygen atoms in total. The van der Waals surface area contributed by atoms with Gasteiger partial charge in [-0.1, -0.05) is 12.8 Å². The molecule has 21 heavy (non-hydrogen) atoms. The van der Waals surface area contributed by atoms with Gasteiger partial charge in [0.15, 0.2) is 0 Å². The Bertz CT molecular complexity index is 555. The van der Waals surface area contributed by atoms with E-state index in [0.29, 0.717) is 17.5 Å². The van der Waals surface area contributed by atoms with Gasteiger partial charge in [0.05, 0.1) is 4.90 Å². The van der Waals surface area contributed by atoms with Crippen LogP contribution in [0.5, 0.6) is 0 Å². The minimum atomic E-state index is -3.36. The first kappa shape index (κ1) is 16.3. The lowest BCUT2D eigenvalue weighted by molar-refractivity contribution is 0.520. The summed E-state index contributed by atoms with van der Waals surface area (Å²) in [7, 11) is -0.272. The molecule has 0 radical (unpaired) electrons. The second kappa shape index (κ2) is 6.77. The van der Waals surface area contributed by atoms with Crippen molar-refractivity contribution in [3.05, 3.63) is 24.3 Å². The van der Waals surface area contributed by atoms with Crippen LogP contribution in [0.3, 0.4) is 0 Å². The summed E-state index contributed by atoms with van der Waals surface area (Å²) in [6.45, 7) is 1.62. The van der Waals surface area contributed by atoms with Crippen LogP contribution in [0.1, 0.15) is 25.7 Å². The van der Waals surface area contributed by atoms with Crippen LogP contribution >= 0.6 is 0 Å². The first-order valence-electron chi connectivity index (χ1n) is 7.46. The molecule has 0 amide bonds. The van der Waals surface area contributed by atoms with Gasteiger partial charge in [0.2, 0.25) is 10.0 Å². The van der Waals surface area contributed by atoms with Crippen molar-refractivity contribution in [2.45, 2.75) is 36.6 Å². The quantitative estimate of drug-likeness (QED) is 0.918. The highest BCUT2D eigenvalue weighted by molar-refractivity contribution is 7.89. The average Bonchev–Trinajstić information content (AvgIpc) is 2.72. The Morgan fingerprint density at radius 2 is 1.86 bits per heavy atom. The minimum absolute atomic E-state index is 0.329. The van der Waals surface area contributed by atoms with E-state index in [2.05, 4.69) is 4.90 Å². The van der Waals surface area contributed by atoms with Gasteiger partial charge < -0.3 is 10.6 Å². The number of sulfonamides is 1. The van der Waals surface area contributed by atoms with Gasteiger partial charge in [-0.2, -0.15) is 0 Å². The summed E-state index contributed by atoms with van der Waals surface area (Å²) in [6, 6.07) is 7.50. The summed E-state index contributed by atoms with van der Waals surface area (Å²) in [4.78, 5) is 2.65. The number of nitrogens with two attached hydrogens (primary N) is 1. The maximum absolute atomic E-state index is 12.1. The molecule has 1 fully saturated rings. The molecule has 0 aromatic heterocycles. The van der Waals surface area contributed by atoms with Gasteiger partial charge in [-0.25, -0.2) is 12.7 Å². The van der Waals surface area contributed by atoms with Crippen LogP contribution in [0.15, 0.2) is 29.2 Å². The van der Waals surface area contributed by atoms with Crippen LogP contribution in [0.2, 0.25) is 0 Å². The van der Waals surface area contributed by atoms with Crippen LogP contribution in [0.4, 0.5) is 5.69 Å². The van der Waals surface area contributed by atoms with Crippen molar-refractivity contribution in [3.8, 4) is 0 Å². The zero-order chi connectivity index (χ0) is 15.5. The maximum Gasteiger partial charge on any atom is 0.242 e. The molecule has 1 unspecified atom stereocenters. The molecular formula is C15H25N3O2S. The molecule has 1 aliphatic heterocycles. The van der Waals surface area contributed by atoms with Gasteiger partial charge in [-0.15, -0.1) is 0 Å². The molecule has 0 saturated carbocycles. The van der Waals surface area contributed by atoms with Gasteiger partial charge in [0, 0.05) is 38.9 Å². The van der Waals surface area contributed by atoms with Crippen molar-refractivity contribution in [1.82, 2.24) is 4.31 Å². The van der Waals surface area contributed by atoms with Crippen molar-refractivity contribution in [3.63, 3.8) is 0 Å². The topological polar surface area (TPSA) is 66.6 Å². The summed E-state index contributed by atoms with van der Waals surface area (Å²) in [6.07, 6.45) is 4.72. The molecule has 1 heterocycles. The van der Waals surface area contributed by atoms with Crippen LogP contribution in [0, 0.1) is 0 Å². The number of benzene rings is 1. The standard InChI is InChI=1S/C15H25N3O2S/c1-17(2)21(19,20)15-9-7-13(8-10-15)18-11-5-3-4-6-14(18)12-16/h7-10,14H,3-6,11-12,16H2,1-2H3.